The van der Waals surface area contributed by atoms with Crippen molar-refractivity contribution in [3.63, 3.8) is 0 Å². The monoisotopic (exact) mass is 304 g/mol. The van der Waals surface area contributed by atoms with E-state index in [2.05, 4.69) is 10.0 Å². The van der Waals surface area contributed by atoms with Gasteiger partial charge in [0.05, 0.1) is 5.41 Å². The molecule has 0 radical (unpaired) electrons. The van der Waals surface area contributed by atoms with Gasteiger partial charge in [-0.1, -0.05) is 0 Å². The lowest BCUT2D eigenvalue weighted by Crippen LogP contribution is -2.38. The topological polar surface area (TPSA) is 126 Å². The molecule has 20 heavy (non-hydrogen) atoms. The molecule has 0 saturated carbocycles. The third kappa shape index (κ3) is 3.58. The van der Waals surface area contributed by atoms with E-state index in [1.807, 2.05) is 0 Å². The summed E-state index contributed by atoms with van der Waals surface area (Å²) in [5.41, 5.74) is -1.14. The molecule has 0 aromatic carbocycles. The number of furan rings is 1. The maximum Gasteiger partial charge on any atom is 0.310 e. The first-order valence-electron chi connectivity index (χ1n) is 5.65. The summed E-state index contributed by atoms with van der Waals surface area (Å²) in [4.78, 5) is 22.6. The highest BCUT2D eigenvalue weighted by molar-refractivity contribution is 7.89. The smallest absolute Gasteiger partial charge is 0.310 e. The molecular formula is C11H16N2O6S. The standard InChI is InChI=1S/C11H16N2O6S/c1-11(2,10(15)16)6-13-9(14)7-4-5-8(19-7)20(17,18)12-3/h4-5,12H,6H2,1-3H3,(H,13,14)(H,15,16). The Labute approximate surface area is 116 Å². The van der Waals surface area contributed by atoms with Gasteiger partial charge in [0.25, 0.3) is 15.9 Å². The van der Waals surface area contributed by atoms with E-state index < -0.39 is 27.3 Å². The van der Waals surface area contributed by atoms with Gasteiger partial charge in [-0.3, -0.25) is 9.59 Å². The molecule has 0 aliphatic carbocycles. The van der Waals surface area contributed by atoms with Crippen LogP contribution in [0.3, 0.4) is 0 Å². The summed E-state index contributed by atoms with van der Waals surface area (Å²) in [5.74, 6) is -1.95. The Kier molecular flexibility index (Phi) is 4.56. The van der Waals surface area contributed by atoms with Crippen molar-refractivity contribution >= 4 is 21.9 Å². The van der Waals surface area contributed by atoms with Gasteiger partial charge >= 0.3 is 5.97 Å². The highest BCUT2D eigenvalue weighted by Gasteiger charge is 2.28. The lowest BCUT2D eigenvalue weighted by atomic mass is 9.94. The predicted octanol–water partition coefficient (Wildman–Crippen LogP) is 0.0283. The number of aliphatic carboxylic acids is 1. The number of carboxylic acid groups (broad SMARTS) is 1. The molecule has 0 spiro atoms. The molecule has 3 N–H and O–H groups in total. The summed E-state index contributed by atoms with van der Waals surface area (Å²) in [5, 5.41) is 10.9. The molecule has 112 valence electrons. The van der Waals surface area contributed by atoms with Gasteiger partial charge in [0, 0.05) is 6.54 Å². The second-order valence-electron chi connectivity index (χ2n) is 4.70. The molecule has 1 amide bonds. The van der Waals surface area contributed by atoms with Gasteiger partial charge in [-0.15, -0.1) is 0 Å². The number of rotatable bonds is 6. The van der Waals surface area contributed by atoms with Crippen LogP contribution < -0.4 is 10.0 Å². The zero-order valence-electron chi connectivity index (χ0n) is 11.3. The summed E-state index contributed by atoms with van der Waals surface area (Å²) in [6.45, 7) is 2.79. The third-order valence-corrected chi connectivity index (χ3v) is 3.90. The highest BCUT2D eigenvalue weighted by atomic mass is 32.2. The van der Waals surface area contributed by atoms with Crippen LogP contribution in [0.15, 0.2) is 21.6 Å². The fourth-order valence-electron chi connectivity index (χ4n) is 1.15. The number of nitrogens with one attached hydrogen (secondary N) is 2. The molecule has 0 aliphatic heterocycles. The Morgan fingerprint density at radius 3 is 2.45 bits per heavy atom. The molecular weight excluding hydrogens is 288 g/mol. The van der Waals surface area contributed by atoms with Crippen LogP contribution in [0.2, 0.25) is 0 Å². The van der Waals surface area contributed by atoms with Crippen LogP contribution in [0.4, 0.5) is 0 Å². The quantitative estimate of drug-likeness (QED) is 0.680. The van der Waals surface area contributed by atoms with Crippen LogP contribution in [0, 0.1) is 5.41 Å². The number of sulfonamides is 1. The molecule has 1 aromatic rings. The Morgan fingerprint density at radius 1 is 1.35 bits per heavy atom. The largest absolute Gasteiger partial charge is 0.481 e. The molecule has 1 heterocycles. The van der Waals surface area contributed by atoms with Crippen molar-refractivity contribution in [2.75, 3.05) is 13.6 Å². The normalized spacial score (nSPS) is 12.2. The fraction of sp³-hybridized carbons (Fsp3) is 0.455. The number of carboxylic acids is 1. The highest BCUT2D eigenvalue weighted by Crippen LogP contribution is 2.15. The maximum absolute atomic E-state index is 11.7. The summed E-state index contributed by atoms with van der Waals surface area (Å²) < 4.78 is 29.8. The molecule has 0 saturated heterocycles. The fourth-order valence-corrected chi connectivity index (χ4v) is 1.80. The van der Waals surface area contributed by atoms with Crippen molar-refractivity contribution in [3.8, 4) is 0 Å². The molecule has 1 aromatic heterocycles. The minimum Gasteiger partial charge on any atom is -0.481 e. The second kappa shape index (κ2) is 5.63. The number of carbonyl (C=O) groups excluding carboxylic acids is 1. The first-order chi connectivity index (χ1) is 9.10. The first kappa shape index (κ1) is 16.2. The minimum atomic E-state index is -3.76. The van der Waals surface area contributed by atoms with Crippen molar-refractivity contribution in [2.24, 2.45) is 5.41 Å². The lowest BCUT2D eigenvalue weighted by Gasteiger charge is -2.18. The van der Waals surface area contributed by atoms with Gasteiger partial charge in [-0.25, -0.2) is 13.1 Å². The SMILES string of the molecule is CNS(=O)(=O)c1ccc(C(=O)NCC(C)(C)C(=O)O)o1. The van der Waals surface area contributed by atoms with E-state index in [0.29, 0.717) is 0 Å². The van der Waals surface area contributed by atoms with Crippen molar-refractivity contribution in [3.05, 3.63) is 17.9 Å². The van der Waals surface area contributed by atoms with Crippen LogP contribution in [0.5, 0.6) is 0 Å². The van der Waals surface area contributed by atoms with Gasteiger partial charge in [-0.2, -0.15) is 0 Å². The van der Waals surface area contributed by atoms with Gasteiger partial charge in [0.1, 0.15) is 0 Å². The molecule has 0 bridgehead atoms. The van der Waals surface area contributed by atoms with E-state index in [9.17, 15) is 18.0 Å². The molecule has 0 unspecified atom stereocenters. The Bertz CT molecular complexity index is 617. The van der Waals surface area contributed by atoms with E-state index in [1.165, 1.54) is 27.0 Å². The molecule has 0 aliphatic rings. The Morgan fingerprint density at radius 2 is 1.95 bits per heavy atom. The summed E-state index contributed by atoms with van der Waals surface area (Å²) in [6, 6.07) is 2.34. The van der Waals surface area contributed by atoms with Gasteiger partial charge < -0.3 is 14.8 Å². The second-order valence-corrected chi connectivity index (χ2v) is 6.52. The number of amides is 1. The first-order valence-corrected chi connectivity index (χ1v) is 7.13. The Hall–Kier alpha value is -1.87. The average Bonchev–Trinajstić information content (AvgIpc) is 2.86. The Balaban J connectivity index is 2.78. The zero-order chi connectivity index (χ0) is 15.6. The van der Waals surface area contributed by atoms with Crippen LogP contribution in [-0.4, -0.2) is 39.0 Å². The van der Waals surface area contributed by atoms with Gasteiger partial charge in [0.2, 0.25) is 5.09 Å². The molecule has 0 atom stereocenters. The summed E-state index contributed by atoms with van der Waals surface area (Å²) >= 11 is 0. The molecule has 0 fully saturated rings. The van der Waals surface area contributed by atoms with Crippen LogP contribution in [0.25, 0.3) is 0 Å². The average molecular weight is 304 g/mol. The van der Waals surface area contributed by atoms with E-state index in [1.54, 1.807) is 0 Å². The van der Waals surface area contributed by atoms with Gasteiger partial charge in [-0.05, 0) is 33.0 Å². The van der Waals surface area contributed by atoms with Crippen molar-refractivity contribution < 1.29 is 27.5 Å². The minimum absolute atomic E-state index is 0.115. The maximum atomic E-state index is 11.7. The number of hydrogen-bond donors (Lipinski definition) is 3. The van der Waals surface area contributed by atoms with Crippen molar-refractivity contribution in [2.45, 2.75) is 18.9 Å². The zero-order valence-corrected chi connectivity index (χ0v) is 12.1. The molecule has 9 heteroatoms. The van der Waals surface area contributed by atoms with Gasteiger partial charge in [0.15, 0.2) is 5.76 Å². The number of hydrogen-bond acceptors (Lipinski definition) is 5. The summed E-state index contributed by atoms with van der Waals surface area (Å²) in [6.07, 6.45) is 0. The predicted molar refractivity (Wildman–Crippen MR) is 68.7 cm³/mol. The van der Waals surface area contributed by atoms with E-state index in [0.717, 1.165) is 6.07 Å². The van der Waals surface area contributed by atoms with E-state index in [4.69, 9.17) is 9.52 Å². The summed E-state index contributed by atoms with van der Waals surface area (Å²) in [7, 11) is -2.54. The van der Waals surface area contributed by atoms with E-state index in [-0.39, 0.29) is 17.4 Å². The lowest BCUT2D eigenvalue weighted by molar-refractivity contribution is -0.146. The van der Waals surface area contributed by atoms with E-state index >= 15 is 0 Å². The van der Waals surface area contributed by atoms with Crippen molar-refractivity contribution in [1.82, 2.24) is 10.0 Å². The van der Waals surface area contributed by atoms with Crippen molar-refractivity contribution in [1.29, 1.82) is 0 Å². The van der Waals surface area contributed by atoms with Crippen LogP contribution in [-0.2, 0) is 14.8 Å². The third-order valence-electron chi connectivity index (χ3n) is 2.61. The molecule has 8 nitrogen and oxygen atoms in total. The number of carbonyl (C=O) groups is 2. The van der Waals surface area contributed by atoms with Crippen LogP contribution >= 0.6 is 0 Å². The van der Waals surface area contributed by atoms with Crippen LogP contribution in [0.1, 0.15) is 24.4 Å². The molecule has 1 rings (SSSR count).